The maximum atomic E-state index is 12.3. The van der Waals surface area contributed by atoms with Gasteiger partial charge in [-0.3, -0.25) is 4.79 Å². The predicted molar refractivity (Wildman–Crippen MR) is 99.5 cm³/mol. The number of halogens is 1. The van der Waals surface area contributed by atoms with Crippen LogP contribution in [-0.4, -0.2) is 30.5 Å². The molecule has 1 amide bonds. The second-order valence-corrected chi connectivity index (χ2v) is 7.12. The number of para-hydroxylation sites is 1. The van der Waals surface area contributed by atoms with Crippen molar-refractivity contribution in [1.29, 1.82) is 0 Å². The van der Waals surface area contributed by atoms with E-state index in [0.29, 0.717) is 5.41 Å². The van der Waals surface area contributed by atoms with E-state index in [4.69, 9.17) is 0 Å². The number of carbonyl (C=O) groups excluding carboxylic acids is 1. The molecule has 1 aromatic carbocycles. The number of nitrogens with one attached hydrogen (secondary N) is 3. The Kier molecular flexibility index (Phi) is 5.16. The van der Waals surface area contributed by atoms with E-state index in [2.05, 4.69) is 46.1 Å². The minimum absolute atomic E-state index is 0. The molecule has 1 saturated heterocycles. The number of amides is 1. The molecule has 1 aliphatic carbocycles. The summed E-state index contributed by atoms with van der Waals surface area (Å²) in [5, 5.41) is 7.85. The van der Waals surface area contributed by atoms with Crippen LogP contribution in [-0.2, 0) is 11.2 Å². The lowest BCUT2D eigenvalue weighted by atomic mass is 9.92. The molecule has 5 heteroatoms. The number of hydrogen-bond donors (Lipinski definition) is 3. The highest BCUT2D eigenvalue weighted by Gasteiger charge is 2.57. The van der Waals surface area contributed by atoms with Crippen LogP contribution in [0.25, 0.3) is 10.9 Å². The second kappa shape index (κ2) is 7.16. The van der Waals surface area contributed by atoms with E-state index in [9.17, 15) is 4.79 Å². The van der Waals surface area contributed by atoms with Gasteiger partial charge in [0.25, 0.3) is 0 Å². The standard InChI is InChI=1S/C19H25N3O.ClH/c23-18(16-12-19(16)7-10-20-11-8-19)21-9-3-4-14-13-22-17-6-2-1-5-15(14)17;/h1-2,5-6,13,16,20,22H,3-4,7-12H2,(H,21,23);1H. The zero-order chi connectivity index (χ0) is 15.7. The third-order valence-corrected chi connectivity index (χ3v) is 5.70. The highest BCUT2D eigenvalue weighted by atomic mass is 35.5. The van der Waals surface area contributed by atoms with E-state index < -0.39 is 0 Å². The number of H-pyrrole nitrogens is 1. The monoisotopic (exact) mass is 347 g/mol. The average molecular weight is 348 g/mol. The van der Waals surface area contributed by atoms with Crippen molar-refractivity contribution in [2.45, 2.75) is 32.1 Å². The van der Waals surface area contributed by atoms with Gasteiger partial charge in [0.05, 0.1) is 0 Å². The molecule has 2 aromatic rings. The van der Waals surface area contributed by atoms with Gasteiger partial charge in [-0.15, -0.1) is 12.4 Å². The number of benzene rings is 1. The maximum absolute atomic E-state index is 12.3. The maximum Gasteiger partial charge on any atom is 0.223 e. The molecule has 1 unspecified atom stereocenters. The smallest absolute Gasteiger partial charge is 0.223 e. The van der Waals surface area contributed by atoms with Gasteiger partial charge in [-0.25, -0.2) is 0 Å². The molecule has 1 saturated carbocycles. The molecule has 0 bridgehead atoms. The number of rotatable bonds is 5. The minimum Gasteiger partial charge on any atom is -0.361 e. The first-order chi connectivity index (χ1) is 11.3. The van der Waals surface area contributed by atoms with Crippen molar-refractivity contribution < 1.29 is 4.79 Å². The fraction of sp³-hybridized carbons (Fsp3) is 0.526. The molecule has 2 aliphatic rings. The summed E-state index contributed by atoms with van der Waals surface area (Å²) in [6.07, 6.45) is 7.53. The molecule has 3 N–H and O–H groups in total. The Balaban J connectivity index is 0.00000169. The summed E-state index contributed by atoms with van der Waals surface area (Å²) in [4.78, 5) is 15.6. The van der Waals surface area contributed by atoms with E-state index in [1.807, 2.05) is 0 Å². The number of carbonyl (C=O) groups is 1. The van der Waals surface area contributed by atoms with Gasteiger partial charge in [-0.05, 0) is 62.2 Å². The first-order valence-corrected chi connectivity index (χ1v) is 8.82. The van der Waals surface area contributed by atoms with E-state index in [-0.39, 0.29) is 24.2 Å². The van der Waals surface area contributed by atoms with Crippen molar-refractivity contribution in [2.75, 3.05) is 19.6 Å². The van der Waals surface area contributed by atoms with Gasteiger partial charge in [0.2, 0.25) is 5.91 Å². The summed E-state index contributed by atoms with van der Waals surface area (Å²) in [5.41, 5.74) is 2.88. The number of hydrogen-bond acceptors (Lipinski definition) is 2. The number of fused-ring (bicyclic) bond motifs is 1. The van der Waals surface area contributed by atoms with Gasteiger partial charge < -0.3 is 15.6 Å². The first kappa shape index (κ1) is 17.3. The lowest BCUT2D eigenvalue weighted by Crippen LogP contribution is -2.34. The number of piperidine rings is 1. The molecule has 2 heterocycles. The van der Waals surface area contributed by atoms with Crippen LogP contribution < -0.4 is 10.6 Å². The van der Waals surface area contributed by atoms with Crippen molar-refractivity contribution in [3.63, 3.8) is 0 Å². The van der Waals surface area contributed by atoms with E-state index in [1.165, 1.54) is 29.3 Å². The Hall–Kier alpha value is -1.52. The third-order valence-electron chi connectivity index (χ3n) is 5.70. The van der Waals surface area contributed by atoms with Gasteiger partial charge in [-0.1, -0.05) is 18.2 Å². The Bertz CT molecular complexity index is 705. The topological polar surface area (TPSA) is 56.9 Å². The largest absolute Gasteiger partial charge is 0.361 e. The number of aromatic nitrogens is 1. The molecular formula is C19H26ClN3O. The van der Waals surface area contributed by atoms with Gasteiger partial charge in [0.15, 0.2) is 0 Å². The fourth-order valence-corrected chi connectivity index (χ4v) is 4.15. The molecular weight excluding hydrogens is 322 g/mol. The number of aryl methyl sites for hydroxylation is 1. The Morgan fingerprint density at radius 2 is 2.04 bits per heavy atom. The molecule has 0 radical (unpaired) electrons. The second-order valence-electron chi connectivity index (χ2n) is 7.12. The van der Waals surface area contributed by atoms with Gasteiger partial charge in [0.1, 0.15) is 0 Å². The number of aromatic amines is 1. The van der Waals surface area contributed by atoms with Crippen molar-refractivity contribution in [3.8, 4) is 0 Å². The van der Waals surface area contributed by atoms with Crippen molar-refractivity contribution in [2.24, 2.45) is 11.3 Å². The lowest BCUT2D eigenvalue weighted by molar-refractivity contribution is -0.123. The summed E-state index contributed by atoms with van der Waals surface area (Å²) in [7, 11) is 0. The third kappa shape index (κ3) is 3.31. The highest BCUT2D eigenvalue weighted by Crippen LogP contribution is 2.58. The van der Waals surface area contributed by atoms with Crippen molar-refractivity contribution >= 4 is 29.2 Å². The predicted octanol–water partition coefficient (Wildman–Crippen LogP) is 3.03. The van der Waals surface area contributed by atoms with Crippen LogP contribution in [0.15, 0.2) is 30.5 Å². The molecule has 4 nitrogen and oxygen atoms in total. The van der Waals surface area contributed by atoms with E-state index in [0.717, 1.165) is 38.9 Å². The van der Waals surface area contributed by atoms with Crippen LogP contribution in [0.4, 0.5) is 0 Å². The summed E-state index contributed by atoms with van der Waals surface area (Å²) in [6, 6.07) is 8.39. The summed E-state index contributed by atoms with van der Waals surface area (Å²) in [6.45, 7) is 2.93. The van der Waals surface area contributed by atoms with Crippen LogP contribution in [0.5, 0.6) is 0 Å². The van der Waals surface area contributed by atoms with Gasteiger partial charge >= 0.3 is 0 Å². The molecule has 1 aliphatic heterocycles. The molecule has 4 rings (SSSR count). The van der Waals surface area contributed by atoms with Gasteiger partial charge in [-0.2, -0.15) is 0 Å². The lowest BCUT2D eigenvalue weighted by Gasteiger charge is -2.23. The fourth-order valence-electron chi connectivity index (χ4n) is 4.15. The first-order valence-electron chi connectivity index (χ1n) is 8.82. The van der Waals surface area contributed by atoms with Crippen LogP contribution in [0, 0.1) is 11.3 Å². The quantitative estimate of drug-likeness (QED) is 0.728. The normalized spacial score (nSPS) is 21.4. The highest BCUT2D eigenvalue weighted by molar-refractivity contribution is 5.85. The minimum atomic E-state index is 0. The molecule has 130 valence electrons. The molecule has 1 spiro atoms. The van der Waals surface area contributed by atoms with Crippen LogP contribution in [0.2, 0.25) is 0 Å². The molecule has 1 aromatic heterocycles. The average Bonchev–Trinajstić information content (AvgIpc) is 3.12. The summed E-state index contributed by atoms with van der Waals surface area (Å²) >= 11 is 0. The van der Waals surface area contributed by atoms with E-state index >= 15 is 0 Å². The molecule has 1 atom stereocenters. The zero-order valence-electron chi connectivity index (χ0n) is 13.9. The summed E-state index contributed by atoms with van der Waals surface area (Å²) in [5.74, 6) is 0.559. The SMILES string of the molecule is Cl.O=C(NCCCc1c[nH]c2ccccc12)C1CC12CCNCC2. The van der Waals surface area contributed by atoms with Crippen LogP contribution >= 0.6 is 12.4 Å². The zero-order valence-corrected chi connectivity index (χ0v) is 14.8. The molecule has 24 heavy (non-hydrogen) atoms. The van der Waals surface area contributed by atoms with Crippen molar-refractivity contribution in [3.05, 3.63) is 36.0 Å². The van der Waals surface area contributed by atoms with Crippen LogP contribution in [0.3, 0.4) is 0 Å². The Labute approximate surface area is 149 Å². The van der Waals surface area contributed by atoms with Gasteiger partial charge in [0, 0.05) is 29.6 Å². The van der Waals surface area contributed by atoms with Crippen LogP contribution in [0.1, 0.15) is 31.2 Å². The Morgan fingerprint density at radius 1 is 1.25 bits per heavy atom. The Morgan fingerprint density at radius 3 is 2.88 bits per heavy atom. The van der Waals surface area contributed by atoms with E-state index in [1.54, 1.807) is 0 Å². The van der Waals surface area contributed by atoms with Crippen molar-refractivity contribution in [1.82, 2.24) is 15.6 Å². The molecule has 2 fully saturated rings. The summed E-state index contributed by atoms with van der Waals surface area (Å²) < 4.78 is 0.